The van der Waals surface area contributed by atoms with Crippen molar-refractivity contribution in [2.24, 2.45) is 5.41 Å². The molecule has 0 amide bonds. The van der Waals surface area contributed by atoms with E-state index in [-0.39, 0.29) is 5.78 Å². The fraction of sp³-hybridized carbons (Fsp3) is 0.357. The number of aromatic nitrogens is 2. The van der Waals surface area contributed by atoms with Gasteiger partial charge in [0.15, 0.2) is 5.78 Å². The highest BCUT2D eigenvalue weighted by molar-refractivity contribution is 6.15. The van der Waals surface area contributed by atoms with Crippen LogP contribution in [0.2, 0.25) is 0 Å². The first-order chi connectivity index (χ1) is 9.06. The number of carbonyl (C=O) groups excluding carboxylic acids is 2. The quantitative estimate of drug-likeness (QED) is 0.519. The normalized spacial score (nSPS) is 16.3. The van der Waals surface area contributed by atoms with Crippen LogP contribution in [0.5, 0.6) is 0 Å². The van der Waals surface area contributed by atoms with Gasteiger partial charge in [-0.2, -0.15) is 0 Å². The Morgan fingerprint density at radius 1 is 1.37 bits per heavy atom. The van der Waals surface area contributed by atoms with Crippen LogP contribution < -0.4 is 0 Å². The molecule has 0 spiro atoms. The van der Waals surface area contributed by atoms with Gasteiger partial charge in [0.05, 0.1) is 18.1 Å². The molecule has 2 aromatic rings. The van der Waals surface area contributed by atoms with Crippen molar-refractivity contribution in [1.82, 2.24) is 9.97 Å². The predicted molar refractivity (Wildman–Crippen MR) is 68.8 cm³/mol. The standard InChI is InChI=1S/C14H14N2O3/c1-8-15-10-4-3-9(7-11(10)16-8)12(17)14(5-6-14)13(18)19-2/h3-4,7H,5-6H2,1-2H3,(H,15,16). The van der Waals surface area contributed by atoms with E-state index in [0.717, 1.165) is 16.9 Å². The van der Waals surface area contributed by atoms with Crippen molar-refractivity contribution in [3.8, 4) is 0 Å². The third-order valence-corrected chi connectivity index (χ3v) is 3.62. The van der Waals surface area contributed by atoms with Gasteiger partial charge in [0, 0.05) is 5.56 Å². The molecule has 1 aromatic carbocycles. The molecule has 0 saturated heterocycles. The first kappa shape index (κ1) is 11.9. The summed E-state index contributed by atoms with van der Waals surface area (Å²) in [5.41, 5.74) is 1.21. The smallest absolute Gasteiger partial charge is 0.319 e. The lowest BCUT2D eigenvalue weighted by Crippen LogP contribution is -2.27. The van der Waals surface area contributed by atoms with Crippen LogP contribution in [-0.4, -0.2) is 28.8 Å². The van der Waals surface area contributed by atoms with E-state index in [0.29, 0.717) is 18.4 Å². The molecule has 3 rings (SSSR count). The number of ketones is 1. The fourth-order valence-corrected chi connectivity index (χ4v) is 2.40. The Morgan fingerprint density at radius 2 is 2.11 bits per heavy atom. The second-order valence-electron chi connectivity index (χ2n) is 4.96. The van der Waals surface area contributed by atoms with E-state index < -0.39 is 11.4 Å². The number of fused-ring (bicyclic) bond motifs is 1. The third kappa shape index (κ3) is 1.73. The van der Waals surface area contributed by atoms with Crippen molar-refractivity contribution in [3.05, 3.63) is 29.6 Å². The van der Waals surface area contributed by atoms with Crippen molar-refractivity contribution in [1.29, 1.82) is 0 Å². The molecule has 1 N–H and O–H groups in total. The monoisotopic (exact) mass is 258 g/mol. The van der Waals surface area contributed by atoms with Crippen LogP contribution in [0.3, 0.4) is 0 Å². The highest BCUT2D eigenvalue weighted by Gasteiger charge is 2.57. The summed E-state index contributed by atoms with van der Waals surface area (Å²) in [6, 6.07) is 5.26. The lowest BCUT2D eigenvalue weighted by Gasteiger charge is -2.11. The summed E-state index contributed by atoms with van der Waals surface area (Å²) in [4.78, 5) is 31.5. The molecule has 19 heavy (non-hydrogen) atoms. The topological polar surface area (TPSA) is 72.1 Å². The van der Waals surface area contributed by atoms with E-state index in [1.54, 1.807) is 18.2 Å². The number of carbonyl (C=O) groups is 2. The van der Waals surface area contributed by atoms with E-state index >= 15 is 0 Å². The molecule has 1 heterocycles. The van der Waals surface area contributed by atoms with Crippen molar-refractivity contribution in [2.45, 2.75) is 19.8 Å². The number of H-pyrrole nitrogens is 1. The Balaban J connectivity index is 2.00. The maximum absolute atomic E-state index is 12.4. The number of aromatic amines is 1. The number of hydrogen-bond donors (Lipinski definition) is 1. The lowest BCUT2D eigenvalue weighted by molar-refractivity contribution is -0.145. The first-order valence-corrected chi connectivity index (χ1v) is 6.16. The van der Waals surface area contributed by atoms with Crippen LogP contribution in [0.25, 0.3) is 11.0 Å². The SMILES string of the molecule is COC(=O)C1(C(=O)c2ccc3nc(C)[nH]c3c2)CC1. The van der Waals surface area contributed by atoms with E-state index in [2.05, 4.69) is 9.97 Å². The second-order valence-corrected chi connectivity index (χ2v) is 4.96. The molecule has 1 aromatic heterocycles. The number of benzene rings is 1. The van der Waals surface area contributed by atoms with Gasteiger partial charge < -0.3 is 9.72 Å². The molecular formula is C14H14N2O3. The molecule has 0 aliphatic heterocycles. The zero-order valence-electron chi connectivity index (χ0n) is 10.8. The number of esters is 1. The van der Waals surface area contributed by atoms with Gasteiger partial charge in [-0.15, -0.1) is 0 Å². The number of methoxy groups -OCH3 is 1. The second kappa shape index (κ2) is 3.91. The number of nitrogens with one attached hydrogen (secondary N) is 1. The molecule has 1 aliphatic rings. The van der Waals surface area contributed by atoms with E-state index in [1.807, 2.05) is 6.92 Å². The Bertz CT molecular complexity index is 683. The van der Waals surface area contributed by atoms with Gasteiger partial charge in [0.2, 0.25) is 0 Å². The maximum atomic E-state index is 12.4. The van der Waals surface area contributed by atoms with E-state index in [9.17, 15) is 9.59 Å². The zero-order chi connectivity index (χ0) is 13.6. The molecule has 98 valence electrons. The number of ether oxygens (including phenoxy) is 1. The summed E-state index contributed by atoms with van der Waals surface area (Å²) in [6.45, 7) is 1.86. The fourth-order valence-electron chi connectivity index (χ4n) is 2.40. The summed E-state index contributed by atoms with van der Waals surface area (Å²) in [7, 11) is 1.32. The summed E-state index contributed by atoms with van der Waals surface area (Å²) in [6.07, 6.45) is 1.14. The summed E-state index contributed by atoms with van der Waals surface area (Å²) < 4.78 is 4.73. The molecule has 0 unspecified atom stereocenters. The van der Waals surface area contributed by atoms with Crippen molar-refractivity contribution >= 4 is 22.8 Å². The van der Waals surface area contributed by atoms with E-state index in [1.165, 1.54) is 7.11 Å². The maximum Gasteiger partial charge on any atom is 0.319 e. The molecule has 1 aliphatic carbocycles. The Kier molecular flexibility index (Phi) is 2.45. The number of imidazole rings is 1. The van der Waals surface area contributed by atoms with Crippen LogP contribution in [0.4, 0.5) is 0 Å². The zero-order valence-corrected chi connectivity index (χ0v) is 10.8. The van der Waals surface area contributed by atoms with Gasteiger partial charge in [-0.05, 0) is 38.0 Å². The Labute approximate surface area is 110 Å². The van der Waals surface area contributed by atoms with Gasteiger partial charge >= 0.3 is 5.97 Å². The largest absolute Gasteiger partial charge is 0.468 e. The average Bonchev–Trinajstić information content (AvgIpc) is 3.13. The first-order valence-electron chi connectivity index (χ1n) is 6.16. The number of hydrogen-bond acceptors (Lipinski definition) is 4. The number of Topliss-reactive ketones (excluding diaryl/α,β-unsaturated/α-hetero) is 1. The number of rotatable bonds is 3. The molecule has 5 nitrogen and oxygen atoms in total. The summed E-state index contributed by atoms with van der Waals surface area (Å²) in [5, 5.41) is 0. The molecular weight excluding hydrogens is 244 g/mol. The van der Waals surface area contributed by atoms with Crippen LogP contribution in [0.1, 0.15) is 29.0 Å². The minimum absolute atomic E-state index is 0.159. The lowest BCUT2D eigenvalue weighted by atomic mass is 9.94. The van der Waals surface area contributed by atoms with Gasteiger partial charge in [-0.1, -0.05) is 0 Å². The Morgan fingerprint density at radius 3 is 2.74 bits per heavy atom. The summed E-state index contributed by atoms with van der Waals surface area (Å²) in [5.74, 6) is 0.209. The van der Waals surface area contributed by atoms with Crippen LogP contribution in [-0.2, 0) is 9.53 Å². The van der Waals surface area contributed by atoms with Gasteiger partial charge in [-0.25, -0.2) is 4.98 Å². The predicted octanol–water partition coefficient (Wildman–Crippen LogP) is 2.01. The van der Waals surface area contributed by atoms with Gasteiger partial charge in [0.1, 0.15) is 11.2 Å². The highest BCUT2D eigenvalue weighted by atomic mass is 16.5. The number of aryl methyl sites for hydroxylation is 1. The van der Waals surface area contributed by atoms with Crippen LogP contribution in [0, 0.1) is 12.3 Å². The average molecular weight is 258 g/mol. The summed E-state index contributed by atoms with van der Waals surface area (Å²) >= 11 is 0. The molecule has 1 fully saturated rings. The minimum atomic E-state index is -0.947. The number of nitrogens with zero attached hydrogens (tertiary/aromatic N) is 1. The van der Waals surface area contributed by atoms with Gasteiger partial charge in [-0.3, -0.25) is 9.59 Å². The van der Waals surface area contributed by atoms with Gasteiger partial charge in [0.25, 0.3) is 0 Å². The molecule has 5 heteroatoms. The molecule has 0 atom stereocenters. The van der Waals surface area contributed by atoms with Crippen molar-refractivity contribution in [3.63, 3.8) is 0 Å². The molecule has 0 bridgehead atoms. The minimum Gasteiger partial charge on any atom is -0.468 e. The highest BCUT2D eigenvalue weighted by Crippen LogP contribution is 2.49. The third-order valence-electron chi connectivity index (χ3n) is 3.62. The van der Waals surface area contributed by atoms with Crippen molar-refractivity contribution < 1.29 is 14.3 Å². The molecule has 0 radical (unpaired) electrons. The van der Waals surface area contributed by atoms with E-state index in [4.69, 9.17) is 4.74 Å². The van der Waals surface area contributed by atoms with Crippen LogP contribution >= 0.6 is 0 Å². The van der Waals surface area contributed by atoms with Crippen molar-refractivity contribution in [2.75, 3.05) is 7.11 Å². The molecule has 1 saturated carbocycles. The van der Waals surface area contributed by atoms with Crippen LogP contribution in [0.15, 0.2) is 18.2 Å². The Hall–Kier alpha value is -2.17.